The molecule has 0 aromatic carbocycles. The normalized spacial score (nSPS) is 33.2. The zero-order chi connectivity index (χ0) is 12.3. The number of nitrogens with one attached hydrogen (secondary N) is 1. The van der Waals surface area contributed by atoms with Gasteiger partial charge < -0.3 is 5.32 Å². The maximum absolute atomic E-state index is 10.9. The second-order valence-electron chi connectivity index (χ2n) is 5.20. The van der Waals surface area contributed by atoms with E-state index in [1.165, 1.54) is 0 Å². The van der Waals surface area contributed by atoms with Crippen LogP contribution in [0, 0.1) is 0 Å². The van der Waals surface area contributed by atoms with Gasteiger partial charge in [-0.05, 0) is 26.3 Å². The van der Waals surface area contributed by atoms with E-state index in [0.717, 1.165) is 51.7 Å². The first-order valence-corrected chi connectivity index (χ1v) is 6.69. The van der Waals surface area contributed by atoms with E-state index in [2.05, 4.69) is 17.1 Å². The molecule has 0 aromatic heterocycles. The molecule has 1 N–H and O–H groups in total. The second-order valence-corrected chi connectivity index (χ2v) is 5.20. The number of fused-ring (bicyclic) bond motifs is 1. The number of Topliss-reactive ketones (excluding diaryl/α,β-unsaturated/α-hetero) is 2. The van der Waals surface area contributed by atoms with Crippen LogP contribution in [0.25, 0.3) is 0 Å². The van der Waals surface area contributed by atoms with E-state index in [1.807, 2.05) is 0 Å². The van der Waals surface area contributed by atoms with Crippen molar-refractivity contribution in [3.05, 3.63) is 0 Å². The number of ketones is 2. The molecular weight excluding hydrogens is 216 g/mol. The molecule has 2 atom stereocenters. The lowest BCUT2D eigenvalue weighted by molar-refractivity contribution is -0.123. The molecular formula is C13H22N2O2. The van der Waals surface area contributed by atoms with E-state index >= 15 is 0 Å². The lowest BCUT2D eigenvalue weighted by atomic mass is 9.95. The SMILES string of the molecule is CC1CC2C(=O)CCN12.O=C1CCCNCC1. The Hall–Kier alpha value is -0.740. The van der Waals surface area contributed by atoms with Gasteiger partial charge in [0.15, 0.2) is 5.78 Å². The maximum atomic E-state index is 10.9. The fraction of sp³-hybridized carbons (Fsp3) is 0.846. The summed E-state index contributed by atoms with van der Waals surface area (Å²) >= 11 is 0. The Morgan fingerprint density at radius 1 is 1.18 bits per heavy atom. The summed E-state index contributed by atoms with van der Waals surface area (Å²) in [6, 6.07) is 1.02. The van der Waals surface area contributed by atoms with Gasteiger partial charge in [-0.25, -0.2) is 0 Å². The molecule has 0 aromatic rings. The van der Waals surface area contributed by atoms with E-state index < -0.39 is 0 Å². The summed E-state index contributed by atoms with van der Waals surface area (Å²) in [5.74, 6) is 0.878. The lowest BCUT2D eigenvalue weighted by Gasteiger charge is -2.40. The minimum atomic E-state index is 0.333. The predicted octanol–water partition coefficient (Wildman–Crippen LogP) is 0.751. The van der Waals surface area contributed by atoms with Crippen LogP contribution in [-0.4, -0.2) is 48.2 Å². The summed E-state index contributed by atoms with van der Waals surface area (Å²) < 4.78 is 0. The molecule has 4 heteroatoms. The van der Waals surface area contributed by atoms with Crippen LogP contribution in [0.3, 0.4) is 0 Å². The fourth-order valence-electron chi connectivity index (χ4n) is 2.75. The van der Waals surface area contributed by atoms with Gasteiger partial charge in [-0.2, -0.15) is 0 Å². The van der Waals surface area contributed by atoms with Crippen LogP contribution in [0.1, 0.15) is 39.0 Å². The fourth-order valence-corrected chi connectivity index (χ4v) is 2.75. The van der Waals surface area contributed by atoms with Crippen LogP contribution >= 0.6 is 0 Å². The van der Waals surface area contributed by atoms with Gasteiger partial charge >= 0.3 is 0 Å². The van der Waals surface area contributed by atoms with Gasteiger partial charge in [0.25, 0.3) is 0 Å². The highest BCUT2D eigenvalue weighted by atomic mass is 16.1. The molecule has 0 spiro atoms. The van der Waals surface area contributed by atoms with E-state index in [-0.39, 0.29) is 0 Å². The zero-order valence-corrected chi connectivity index (χ0v) is 10.6. The Morgan fingerprint density at radius 3 is 2.65 bits per heavy atom. The molecule has 3 rings (SSSR count). The molecule has 3 aliphatic rings. The summed E-state index contributed by atoms with van der Waals surface area (Å²) in [7, 11) is 0. The zero-order valence-electron chi connectivity index (χ0n) is 10.6. The van der Waals surface area contributed by atoms with Crippen molar-refractivity contribution in [1.82, 2.24) is 10.2 Å². The Balaban J connectivity index is 0.000000128. The van der Waals surface area contributed by atoms with Gasteiger partial charge in [-0.1, -0.05) is 0 Å². The number of nitrogens with zero attached hydrogens (tertiary/aromatic N) is 1. The molecule has 3 fully saturated rings. The predicted molar refractivity (Wildman–Crippen MR) is 65.9 cm³/mol. The monoisotopic (exact) mass is 238 g/mol. The lowest BCUT2D eigenvalue weighted by Crippen LogP contribution is -2.52. The highest BCUT2D eigenvalue weighted by molar-refractivity contribution is 5.87. The van der Waals surface area contributed by atoms with Gasteiger partial charge in [0.05, 0.1) is 6.04 Å². The number of carbonyl (C=O) groups is 2. The smallest absolute Gasteiger partial charge is 0.151 e. The molecule has 3 heterocycles. The molecule has 0 radical (unpaired) electrons. The van der Waals surface area contributed by atoms with Gasteiger partial charge in [0.2, 0.25) is 0 Å². The Kier molecular flexibility index (Phi) is 4.29. The van der Waals surface area contributed by atoms with Crippen molar-refractivity contribution in [2.45, 2.75) is 51.1 Å². The molecule has 4 nitrogen and oxygen atoms in total. The third-order valence-electron chi connectivity index (χ3n) is 3.91. The molecule has 17 heavy (non-hydrogen) atoms. The number of hydrogen-bond donors (Lipinski definition) is 1. The van der Waals surface area contributed by atoms with Gasteiger partial charge in [-0.15, -0.1) is 0 Å². The Bertz CT molecular complexity index is 294. The van der Waals surface area contributed by atoms with Crippen molar-refractivity contribution in [3.63, 3.8) is 0 Å². The first kappa shape index (κ1) is 12.7. The number of rotatable bonds is 0. The summed E-state index contributed by atoms with van der Waals surface area (Å²) in [5, 5.41) is 3.16. The van der Waals surface area contributed by atoms with Gasteiger partial charge in [0, 0.05) is 38.4 Å². The molecule has 2 unspecified atom stereocenters. The third-order valence-corrected chi connectivity index (χ3v) is 3.91. The quantitative estimate of drug-likeness (QED) is 0.676. The minimum Gasteiger partial charge on any atom is -0.316 e. The third kappa shape index (κ3) is 3.13. The van der Waals surface area contributed by atoms with Crippen LogP contribution in [-0.2, 0) is 9.59 Å². The summed E-state index contributed by atoms with van der Waals surface area (Å²) in [6.45, 7) is 5.12. The van der Waals surface area contributed by atoms with Crippen molar-refractivity contribution < 1.29 is 9.59 Å². The summed E-state index contributed by atoms with van der Waals surface area (Å²) in [6.07, 6.45) is 4.46. The van der Waals surface area contributed by atoms with Crippen LogP contribution in [0.15, 0.2) is 0 Å². The largest absolute Gasteiger partial charge is 0.316 e. The average Bonchev–Trinajstić information content (AvgIpc) is 2.48. The van der Waals surface area contributed by atoms with Crippen LogP contribution in [0.4, 0.5) is 0 Å². The molecule has 0 amide bonds. The van der Waals surface area contributed by atoms with E-state index in [1.54, 1.807) is 0 Å². The Labute approximate surface area is 103 Å². The van der Waals surface area contributed by atoms with Crippen LogP contribution in [0.5, 0.6) is 0 Å². The van der Waals surface area contributed by atoms with Crippen molar-refractivity contribution in [1.29, 1.82) is 0 Å². The molecule has 96 valence electrons. The van der Waals surface area contributed by atoms with E-state index in [0.29, 0.717) is 23.7 Å². The first-order chi connectivity index (χ1) is 8.18. The van der Waals surface area contributed by atoms with Crippen LogP contribution < -0.4 is 5.32 Å². The summed E-state index contributed by atoms with van der Waals surface area (Å²) in [5.41, 5.74) is 0. The molecule has 3 aliphatic heterocycles. The average molecular weight is 238 g/mol. The highest BCUT2D eigenvalue weighted by Crippen LogP contribution is 2.31. The number of hydrogen-bond acceptors (Lipinski definition) is 4. The standard InChI is InChI=1S/C7H11NO.C6H11NO/c1-5-4-6-7(9)2-3-8(5)6;8-6-2-1-4-7-5-3-6/h5-6H,2-4H2,1H3;7H,1-5H2. The number of carbonyl (C=O) groups excluding carboxylic acids is 2. The molecule has 0 aliphatic carbocycles. The molecule has 0 bridgehead atoms. The van der Waals surface area contributed by atoms with Crippen molar-refractivity contribution in [2.75, 3.05) is 19.6 Å². The Morgan fingerprint density at radius 2 is 2.00 bits per heavy atom. The van der Waals surface area contributed by atoms with Crippen molar-refractivity contribution >= 4 is 11.6 Å². The van der Waals surface area contributed by atoms with Crippen molar-refractivity contribution in [3.8, 4) is 0 Å². The highest BCUT2D eigenvalue weighted by Gasteiger charge is 2.43. The van der Waals surface area contributed by atoms with Gasteiger partial charge in [0.1, 0.15) is 5.78 Å². The van der Waals surface area contributed by atoms with Gasteiger partial charge in [-0.3, -0.25) is 14.5 Å². The minimum absolute atomic E-state index is 0.333. The van der Waals surface area contributed by atoms with Crippen molar-refractivity contribution in [2.24, 2.45) is 0 Å². The molecule has 0 saturated carbocycles. The van der Waals surface area contributed by atoms with E-state index in [4.69, 9.17) is 0 Å². The first-order valence-electron chi connectivity index (χ1n) is 6.69. The second kappa shape index (κ2) is 5.74. The summed E-state index contributed by atoms with van der Waals surface area (Å²) in [4.78, 5) is 23.9. The topological polar surface area (TPSA) is 49.4 Å². The maximum Gasteiger partial charge on any atom is 0.151 e. The molecule has 3 saturated heterocycles. The van der Waals surface area contributed by atoms with Crippen LogP contribution in [0.2, 0.25) is 0 Å². The van der Waals surface area contributed by atoms with E-state index in [9.17, 15) is 9.59 Å².